The molecule has 0 aliphatic heterocycles. The number of aryl methyl sites for hydroxylation is 2. The fraction of sp³-hybridized carbons (Fsp3) is 0.0952. The van der Waals surface area contributed by atoms with E-state index in [1.54, 1.807) is 42.5 Å². The lowest BCUT2D eigenvalue weighted by atomic mass is 9.99. The van der Waals surface area contributed by atoms with Gasteiger partial charge in [0.1, 0.15) is 17.2 Å². The first-order chi connectivity index (χ1) is 12.0. The van der Waals surface area contributed by atoms with E-state index < -0.39 is 0 Å². The molecule has 4 heteroatoms. The summed E-state index contributed by atoms with van der Waals surface area (Å²) in [6, 6.07) is 18.2. The first-order valence-electron chi connectivity index (χ1n) is 7.96. The third-order valence-corrected chi connectivity index (χ3v) is 4.03. The van der Waals surface area contributed by atoms with E-state index in [0.717, 1.165) is 11.1 Å². The van der Waals surface area contributed by atoms with Gasteiger partial charge in [0.05, 0.1) is 5.56 Å². The summed E-state index contributed by atoms with van der Waals surface area (Å²) in [6.07, 6.45) is 1.38. The summed E-state index contributed by atoms with van der Waals surface area (Å²) < 4.78 is 0. The van der Waals surface area contributed by atoms with Gasteiger partial charge in [-0.25, -0.2) is 0 Å². The largest absolute Gasteiger partial charge is 0.508 e. The summed E-state index contributed by atoms with van der Waals surface area (Å²) in [5, 5.41) is 28.8. The molecule has 0 unspecified atom stereocenters. The molecule has 0 bridgehead atoms. The highest BCUT2D eigenvalue weighted by Crippen LogP contribution is 2.22. The Bertz CT molecular complexity index is 878. The van der Waals surface area contributed by atoms with Crippen LogP contribution in [-0.2, 0) is 12.8 Å². The van der Waals surface area contributed by atoms with E-state index in [9.17, 15) is 20.1 Å². The first kappa shape index (κ1) is 16.6. The first-order valence-corrected chi connectivity index (χ1v) is 7.96. The van der Waals surface area contributed by atoms with Crippen LogP contribution in [0.4, 0.5) is 0 Å². The zero-order valence-corrected chi connectivity index (χ0v) is 13.5. The van der Waals surface area contributed by atoms with E-state index in [1.165, 1.54) is 12.1 Å². The van der Waals surface area contributed by atoms with Gasteiger partial charge >= 0.3 is 0 Å². The summed E-state index contributed by atoms with van der Waals surface area (Å²) in [7, 11) is 0. The Labute approximate surface area is 145 Å². The average Bonchev–Trinajstić information content (AvgIpc) is 2.59. The second-order valence-electron chi connectivity index (χ2n) is 5.90. The summed E-state index contributed by atoms with van der Waals surface area (Å²) in [5.74, 6) is -0.167. The molecule has 0 spiro atoms. The second kappa shape index (κ2) is 7.09. The second-order valence-corrected chi connectivity index (χ2v) is 5.90. The molecular formula is C21H18O4. The molecule has 3 rings (SSSR count). The summed E-state index contributed by atoms with van der Waals surface area (Å²) in [6.45, 7) is 0. The van der Waals surface area contributed by atoms with Crippen LogP contribution in [0, 0.1) is 0 Å². The maximum Gasteiger partial charge on any atom is 0.196 e. The quantitative estimate of drug-likeness (QED) is 0.620. The molecule has 0 saturated heterocycles. The number of benzene rings is 3. The van der Waals surface area contributed by atoms with Crippen LogP contribution >= 0.6 is 0 Å². The fourth-order valence-corrected chi connectivity index (χ4v) is 2.73. The summed E-state index contributed by atoms with van der Waals surface area (Å²) >= 11 is 0. The van der Waals surface area contributed by atoms with Crippen molar-refractivity contribution in [2.75, 3.05) is 0 Å². The highest BCUT2D eigenvalue weighted by molar-refractivity contribution is 6.10. The average molecular weight is 334 g/mol. The van der Waals surface area contributed by atoms with E-state index in [4.69, 9.17) is 0 Å². The normalized spacial score (nSPS) is 10.6. The van der Waals surface area contributed by atoms with Crippen molar-refractivity contribution in [3.05, 3.63) is 89.0 Å². The van der Waals surface area contributed by atoms with E-state index in [2.05, 4.69) is 0 Å². The minimum atomic E-state index is -0.220. The van der Waals surface area contributed by atoms with Gasteiger partial charge < -0.3 is 15.3 Å². The van der Waals surface area contributed by atoms with Crippen molar-refractivity contribution >= 4 is 5.78 Å². The molecule has 4 nitrogen and oxygen atoms in total. The van der Waals surface area contributed by atoms with Gasteiger partial charge in [0.2, 0.25) is 0 Å². The number of aromatic hydroxyl groups is 3. The number of para-hydroxylation sites is 1. The maximum atomic E-state index is 12.4. The van der Waals surface area contributed by atoms with E-state index in [-0.39, 0.29) is 28.6 Å². The van der Waals surface area contributed by atoms with Crippen LogP contribution < -0.4 is 0 Å². The summed E-state index contributed by atoms with van der Waals surface area (Å²) in [4.78, 5) is 12.4. The number of ketones is 1. The van der Waals surface area contributed by atoms with Crippen LogP contribution in [0.25, 0.3) is 0 Å². The van der Waals surface area contributed by atoms with E-state index in [0.29, 0.717) is 18.4 Å². The Morgan fingerprint density at radius 1 is 0.720 bits per heavy atom. The topological polar surface area (TPSA) is 77.8 Å². The van der Waals surface area contributed by atoms with Crippen LogP contribution in [0.5, 0.6) is 17.2 Å². The van der Waals surface area contributed by atoms with Gasteiger partial charge in [0.15, 0.2) is 5.78 Å². The molecular weight excluding hydrogens is 316 g/mol. The molecule has 0 aliphatic carbocycles. The predicted molar refractivity (Wildman–Crippen MR) is 95.2 cm³/mol. The lowest BCUT2D eigenvalue weighted by Crippen LogP contribution is -2.02. The van der Waals surface area contributed by atoms with Gasteiger partial charge in [-0.05, 0) is 48.2 Å². The number of phenols is 3. The SMILES string of the molecule is O=C(c1ccc(CCc2cc(O)cc(O)c2)cc1)c1ccccc1O. The van der Waals surface area contributed by atoms with Gasteiger partial charge in [-0.1, -0.05) is 36.4 Å². The maximum absolute atomic E-state index is 12.4. The molecule has 0 saturated carbocycles. The molecule has 0 atom stereocenters. The highest BCUT2D eigenvalue weighted by Gasteiger charge is 2.12. The molecule has 0 aliphatic rings. The van der Waals surface area contributed by atoms with Crippen LogP contribution in [0.15, 0.2) is 66.7 Å². The predicted octanol–water partition coefficient (Wildman–Crippen LogP) is 3.82. The third kappa shape index (κ3) is 3.98. The van der Waals surface area contributed by atoms with Crippen molar-refractivity contribution in [2.45, 2.75) is 12.8 Å². The minimum Gasteiger partial charge on any atom is -0.508 e. The van der Waals surface area contributed by atoms with Gasteiger partial charge in [0.25, 0.3) is 0 Å². The highest BCUT2D eigenvalue weighted by atomic mass is 16.3. The number of phenolic OH excluding ortho intramolecular Hbond substituents is 3. The Hall–Kier alpha value is -3.27. The van der Waals surface area contributed by atoms with Gasteiger partial charge in [0, 0.05) is 11.6 Å². The van der Waals surface area contributed by atoms with Crippen molar-refractivity contribution in [1.82, 2.24) is 0 Å². The van der Waals surface area contributed by atoms with E-state index in [1.807, 2.05) is 12.1 Å². The van der Waals surface area contributed by atoms with Crippen molar-refractivity contribution in [3.63, 3.8) is 0 Å². The molecule has 0 aromatic heterocycles. The minimum absolute atomic E-state index is 0.0275. The molecule has 126 valence electrons. The molecule has 25 heavy (non-hydrogen) atoms. The van der Waals surface area contributed by atoms with Gasteiger partial charge in [-0.15, -0.1) is 0 Å². The van der Waals surface area contributed by atoms with Crippen LogP contribution in [-0.4, -0.2) is 21.1 Å². The Morgan fingerprint density at radius 2 is 1.32 bits per heavy atom. The molecule has 0 amide bonds. The van der Waals surface area contributed by atoms with Crippen molar-refractivity contribution in [3.8, 4) is 17.2 Å². The molecule has 0 fully saturated rings. The molecule has 3 aromatic rings. The monoisotopic (exact) mass is 334 g/mol. The van der Waals surface area contributed by atoms with Crippen molar-refractivity contribution < 1.29 is 20.1 Å². The fourth-order valence-electron chi connectivity index (χ4n) is 2.73. The smallest absolute Gasteiger partial charge is 0.196 e. The number of carbonyl (C=O) groups excluding carboxylic acids is 1. The number of carbonyl (C=O) groups is 1. The molecule has 0 heterocycles. The number of rotatable bonds is 5. The zero-order chi connectivity index (χ0) is 17.8. The van der Waals surface area contributed by atoms with Crippen LogP contribution in [0.3, 0.4) is 0 Å². The number of hydrogen-bond acceptors (Lipinski definition) is 4. The van der Waals surface area contributed by atoms with Gasteiger partial charge in [-0.3, -0.25) is 4.79 Å². The Morgan fingerprint density at radius 3 is 1.96 bits per heavy atom. The third-order valence-electron chi connectivity index (χ3n) is 4.03. The van der Waals surface area contributed by atoms with E-state index >= 15 is 0 Å². The standard InChI is InChI=1S/C21H18O4/c22-17-11-15(12-18(23)13-17)6-5-14-7-9-16(10-8-14)21(25)19-3-1-2-4-20(19)24/h1-4,7-13,22-24H,5-6H2. The Kier molecular flexibility index (Phi) is 4.70. The number of hydrogen-bond donors (Lipinski definition) is 3. The van der Waals surface area contributed by atoms with Crippen molar-refractivity contribution in [1.29, 1.82) is 0 Å². The molecule has 3 aromatic carbocycles. The molecule has 0 radical (unpaired) electrons. The van der Waals surface area contributed by atoms with Gasteiger partial charge in [-0.2, -0.15) is 0 Å². The van der Waals surface area contributed by atoms with Crippen LogP contribution in [0.2, 0.25) is 0 Å². The lowest BCUT2D eigenvalue weighted by molar-refractivity contribution is 0.103. The molecule has 3 N–H and O–H groups in total. The Balaban J connectivity index is 1.70. The lowest BCUT2D eigenvalue weighted by Gasteiger charge is -2.06. The van der Waals surface area contributed by atoms with Crippen molar-refractivity contribution in [2.24, 2.45) is 0 Å². The zero-order valence-electron chi connectivity index (χ0n) is 13.5. The van der Waals surface area contributed by atoms with Crippen LogP contribution in [0.1, 0.15) is 27.0 Å². The summed E-state index contributed by atoms with van der Waals surface area (Å²) in [5.41, 5.74) is 2.68.